The molecule has 1 aromatic carbocycles. The third-order valence-corrected chi connectivity index (χ3v) is 4.58. The lowest BCUT2D eigenvalue weighted by atomic mass is 10.0. The fourth-order valence-electron chi connectivity index (χ4n) is 2.27. The van der Waals surface area contributed by atoms with Crippen molar-refractivity contribution in [3.8, 4) is 5.75 Å². The monoisotopic (exact) mass is 294 g/mol. The van der Waals surface area contributed by atoms with Crippen LogP contribution in [0.5, 0.6) is 5.75 Å². The Morgan fingerprint density at radius 1 is 1.25 bits per heavy atom. The van der Waals surface area contributed by atoms with Gasteiger partial charge in [-0.3, -0.25) is 4.79 Å². The molecule has 1 atom stereocenters. The first-order valence-electron chi connectivity index (χ1n) is 7.55. The number of phenolic OH excluding ortho intramolecular Hbond substituents is 1. The van der Waals surface area contributed by atoms with Gasteiger partial charge in [-0.05, 0) is 31.2 Å². The molecule has 0 amide bonds. The zero-order chi connectivity index (χ0) is 15.0. The molecule has 0 aliphatic rings. The smallest absolute Gasteiger partial charge is 0.179 e. The molecule has 0 radical (unpaired) electrons. The first-order valence-corrected chi connectivity index (χ1v) is 8.60. The average Bonchev–Trinajstić information content (AvgIpc) is 2.44. The Kier molecular flexibility index (Phi) is 7.75. The number of aromatic hydroxyl groups is 1. The summed E-state index contributed by atoms with van der Waals surface area (Å²) in [6.07, 6.45) is 5.62. The van der Waals surface area contributed by atoms with Gasteiger partial charge < -0.3 is 5.11 Å². The van der Waals surface area contributed by atoms with Gasteiger partial charge >= 0.3 is 0 Å². The molecular weight excluding hydrogens is 268 g/mol. The molecule has 0 bridgehead atoms. The van der Waals surface area contributed by atoms with Gasteiger partial charge in [0.05, 0.1) is 10.8 Å². The minimum absolute atomic E-state index is 0.0236. The largest absolute Gasteiger partial charge is 0.507 e. The molecular formula is C17H26O2S. The van der Waals surface area contributed by atoms with E-state index in [0.29, 0.717) is 5.56 Å². The van der Waals surface area contributed by atoms with Gasteiger partial charge in [0.2, 0.25) is 0 Å². The quantitative estimate of drug-likeness (QED) is 0.516. The highest BCUT2D eigenvalue weighted by Crippen LogP contribution is 2.27. The van der Waals surface area contributed by atoms with Crippen molar-refractivity contribution in [2.45, 2.75) is 58.1 Å². The van der Waals surface area contributed by atoms with Gasteiger partial charge in [0.25, 0.3) is 0 Å². The van der Waals surface area contributed by atoms with Crippen molar-refractivity contribution in [2.24, 2.45) is 0 Å². The average molecular weight is 294 g/mol. The predicted octanol–water partition coefficient (Wildman–Crippen LogP) is 4.98. The lowest BCUT2D eigenvalue weighted by Crippen LogP contribution is -2.18. The maximum atomic E-state index is 12.6. The van der Waals surface area contributed by atoms with Crippen molar-refractivity contribution in [3.63, 3.8) is 0 Å². The molecule has 2 nitrogen and oxygen atoms in total. The molecule has 0 unspecified atom stereocenters. The predicted molar refractivity (Wildman–Crippen MR) is 87.9 cm³/mol. The number of phenols is 1. The number of thioether (sulfide) groups is 1. The molecule has 0 saturated carbocycles. The van der Waals surface area contributed by atoms with Crippen molar-refractivity contribution in [1.82, 2.24) is 0 Å². The molecule has 20 heavy (non-hydrogen) atoms. The summed E-state index contributed by atoms with van der Waals surface area (Å²) in [6.45, 7) is 6.21. The van der Waals surface area contributed by atoms with Crippen molar-refractivity contribution < 1.29 is 9.90 Å². The van der Waals surface area contributed by atoms with Crippen LogP contribution in [0.4, 0.5) is 0 Å². The summed E-state index contributed by atoms with van der Waals surface area (Å²) in [5.74, 6) is 1.11. The Morgan fingerprint density at radius 3 is 2.65 bits per heavy atom. The van der Waals surface area contributed by atoms with Gasteiger partial charge in [-0.2, -0.15) is 11.8 Å². The Bertz CT molecular complexity index is 429. The SMILES string of the molecule is CCCCCC[C@H](SCC)C(=O)c1cc(C)ccc1O. The molecule has 0 aromatic heterocycles. The molecule has 0 spiro atoms. The number of aryl methyl sites for hydroxylation is 1. The molecule has 1 rings (SSSR count). The van der Waals surface area contributed by atoms with Gasteiger partial charge in [0, 0.05) is 0 Å². The summed E-state index contributed by atoms with van der Waals surface area (Å²) in [5.41, 5.74) is 1.49. The number of rotatable bonds is 9. The van der Waals surface area contributed by atoms with Gasteiger partial charge in [0.1, 0.15) is 5.75 Å². The number of hydrogen-bond acceptors (Lipinski definition) is 3. The second kappa shape index (κ2) is 9.06. The third-order valence-electron chi connectivity index (χ3n) is 3.40. The van der Waals surface area contributed by atoms with Gasteiger partial charge in [0.15, 0.2) is 5.78 Å². The Morgan fingerprint density at radius 2 is 2.00 bits per heavy atom. The first kappa shape index (κ1) is 17.1. The van der Waals surface area contributed by atoms with E-state index >= 15 is 0 Å². The molecule has 0 fully saturated rings. The van der Waals surface area contributed by atoms with Crippen molar-refractivity contribution in [1.29, 1.82) is 0 Å². The van der Waals surface area contributed by atoms with Crippen LogP contribution in [0, 0.1) is 6.92 Å². The molecule has 0 heterocycles. The zero-order valence-electron chi connectivity index (χ0n) is 12.8. The van der Waals surface area contributed by atoms with E-state index in [9.17, 15) is 9.90 Å². The Balaban J connectivity index is 2.74. The molecule has 112 valence electrons. The number of carbonyl (C=O) groups is 1. The topological polar surface area (TPSA) is 37.3 Å². The number of hydrogen-bond donors (Lipinski definition) is 1. The second-order valence-corrected chi connectivity index (χ2v) is 6.66. The highest BCUT2D eigenvalue weighted by molar-refractivity contribution is 8.00. The molecule has 0 aliphatic carbocycles. The molecule has 1 aromatic rings. The number of benzene rings is 1. The maximum Gasteiger partial charge on any atom is 0.179 e. The van der Waals surface area contributed by atoms with E-state index in [4.69, 9.17) is 0 Å². The lowest BCUT2D eigenvalue weighted by molar-refractivity contribution is 0.0983. The van der Waals surface area contributed by atoms with Crippen LogP contribution in [0.15, 0.2) is 18.2 Å². The van der Waals surface area contributed by atoms with Crippen LogP contribution < -0.4 is 0 Å². The van der Waals surface area contributed by atoms with Gasteiger partial charge in [-0.15, -0.1) is 0 Å². The summed E-state index contributed by atoms with van der Waals surface area (Å²) in [5, 5.41) is 9.88. The van der Waals surface area contributed by atoms with Crippen LogP contribution in [0.25, 0.3) is 0 Å². The Hall–Kier alpha value is -0.960. The van der Waals surface area contributed by atoms with Gasteiger partial charge in [-0.25, -0.2) is 0 Å². The summed E-state index contributed by atoms with van der Waals surface area (Å²) < 4.78 is 0. The van der Waals surface area contributed by atoms with E-state index in [-0.39, 0.29) is 16.8 Å². The van der Waals surface area contributed by atoms with Crippen molar-refractivity contribution in [2.75, 3.05) is 5.75 Å². The van der Waals surface area contributed by atoms with Crippen LogP contribution in [0.3, 0.4) is 0 Å². The lowest BCUT2D eigenvalue weighted by Gasteiger charge is -2.15. The summed E-state index contributed by atoms with van der Waals surface area (Å²) >= 11 is 1.69. The maximum absolute atomic E-state index is 12.6. The van der Waals surface area contributed by atoms with E-state index < -0.39 is 0 Å². The highest BCUT2D eigenvalue weighted by atomic mass is 32.2. The van der Waals surface area contributed by atoms with Crippen LogP contribution >= 0.6 is 11.8 Å². The summed E-state index contributed by atoms with van der Waals surface area (Å²) in [6, 6.07) is 5.25. The standard InChI is InChI=1S/C17H26O2S/c1-4-6-7-8-9-16(20-5-2)17(19)14-12-13(3)10-11-15(14)18/h10-12,16,18H,4-9H2,1-3H3/t16-/m0/s1. The van der Waals surface area contributed by atoms with Crippen molar-refractivity contribution >= 4 is 17.5 Å². The second-order valence-electron chi connectivity index (χ2n) is 5.18. The number of unbranched alkanes of at least 4 members (excludes halogenated alkanes) is 3. The fourth-order valence-corrected chi connectivity index (χ4v) is 3.28. The van der Waals surface area contributed by atoms with Crippen LogP contribution in [0.1, 0.15) is 61.9 Å². The minimum atomic E-state index is -0.0236. The zero-order valence-corrected chi connectivity index (χ0v) is 13.6. The molecule has 3 heteroatoms. The summed E-state index contributed by atoms with van der Waals surface area (Å²) in [7, 11) is 0. The third kappa shape index (κ3) is 5.20. The van der Waals surface area contributed by atoms with Crippen LogP contribution in [-0.4, -0.2) is 21.9 Å². The van der Waals surface area contributed by atoms with Crippen LogP contribution in [-0.2, 0) is 0 Å². The first-order chi connectivity index (χ1) is 9.60. The van der Waals surface area contributed by atoms with Crippen LogP contribution in [0.2, 0.25) is 0 Å². The number of Topliss-reactive ketones (excluding diaryl/α,β-unsaturated/α-hetero) is 1. The minimum Gasteiger partial charge on any atom is -0.507 e. The summed E-state index contributed by atoms with van der Waals surface area (Å²) in [4.78, 5) is 12.6. The number of carbonyl (C=O) groups excluding carboxylic acids is 1. The van der Waals surface area contributed by atoms with E-state index in [1.54, 1.807) is 23.9 Å². The van der Waals surface area contributed by atoms with E-state index in [2.05, 4.69) is 13.8 Å². The van der Waals surface area contributed by atoms with E-state index in [1.807, 2.05) is 13.0 Å². The Labute approximate surface area is 127 Å². The fraction of sp³-hybridized carbons (Fsp3) is 0.588. The van der Waals surface area contributed by atoms with E-state index in [1.165, 1.54) is 19.3 Å². The normalized spacial score (nSPS) is 12.3. The molecule has 1 N–H and O–H groups in total. The van der Waals surface area contributed by atoms with E-state index in [0.717, 1.165) is 24.2 Å². The highest BCUT2D eigenvalue weighted by Gasteiger charge is 2.22. The molecule has 0 aliphatic heterocycles. The molecule has 0 saturated heterocycles. The number of ketones is 1. The van der Waals surface area contributed by atoms with Crippen molar-refractivity contribution in [3.05, 3.63) is 29.3 Å². The van der Waals surface area contributed by atoms with Gasteiger partial charge in [-0.1, -0.05) is 51.2 Å².